The summed E-state index contributed by atoms with van der Waals surface area (Å²) in [5, 5.41) is 11.8. The van der Waals surface area contributed by atoms with Crippen LogP contribution in [0.4, 0.5) is 0 Å². The molecule has 0 radical (unpaired) electrons. The van der Waals surface area contributed by atoms with Gasteiger partial charge < -0.3 is 10.1 Å². The maximum absolute atomic E-state index is 12.1. The summed E-state index contributed by atoms with van der Waals surface area (Å²) < 4.78 is 5.49. The molecule has 1 amide bonds. The fourth-order valence-electron chi connectivity index (χ4n) is 2.56. The van der Waals surface area contributed by atoms with Crippen LogP contribution in [0.15, 0.2) is 42.5 Å². The molecule has 1 saturated heterocycles. The molecule has 1 aromatic heterocycles. The lowest BCUT2D eigenvalue weighted by Crippen LogP contribution is -2.31. The van der Waals surface area contributed by atoms with Crippen molar-refractivity contribution < 1.29 is 9.53 Å². The SMILES string of the molecule is N#Cc1cccc(-c2ccc(C(=O)NC[C@@H]3CCCO3)cc2)n1. The predicted molar refractivity (Wildman–Crippen MR) is 85.7 cm³/mol. The number of pyridine rings is 1. The van der Waals surface area contributed by atoms with Crippen molar-refractivity contribution in [2.75, 3.05) is 13.2 Å². The first-order valence-electron chi connectivity index (χ1n) is 7.63. The number of nitriles is 1. The van der Waals surface area contributed by atoms with Gasteiger partial charge in [-0.1, -0.05) is 18.2 Å². The summed E-state index contributed by atoms with van der Waals surface area (Å²) >= 11 is 0. The molecule has 1 atom stereocenters. The Labute approximate surface area is 134 Å². The van der Waals surface area contributed by atoms with Gasteiger partial charge >= 0.3 is 0 Å². The van der Waals surface area contributed by atoms with Gasteiger partial charge in [0.05, 0.1) is 11.8 Å². The van der Waals surface area contributed by atoms with E-state index in [-0.39, 0.29) is 12.0 Å². The Kier molecular flexibility index (Phi) is 4.65. The van der Waals surface area contributed by atoms with E-state index in [1.54, 1.807) is 24.3 Å². The van der Waals surface area contributed by atoms with Crippen LogP contribution in [-0.4, -0.2) is 30.1 Å². The molecule has 0 aliphatic carbocycles. The Morgan fingerprint density at radius 1 is 1.30 bits per heavy atom. The van der Waals surface area contributed by atoms with Gasteiger partial charge in [0.2, 0.25) is 0 Å². The van der Waals surface area contributed by atoms with Crippen LogP contribution in [0.1, 0.15) is 28.9 Å². The highest BCUT2D eigenvalue weighted by Gasteiger charge is 2.16. The zero-order valence-electron chi connectivity index (χ0n) is 12.7. The number of hydrogen-bond donors (Lipinski definition) is 1. The molecule has 1 fully saturated rings. The minimum absolute atomic E-state index is 0.106. The molecule has 0 bridgehead atoms. The molecule has 0 spiro atoms. The number of ether oxygens (including phenoxy) is 1. The van der Waals surface area contributed by atoms with Crippen LogP contribution >= 0.6 is 0 Å². The average Bonchev–Trinajstić information content (AvgIpc) is 3.13. The molecule has 1 aromatic carbocycles. The van der Waals surface area contributed by atoms with E-state index in [2.05, 4.69) is 10.3 Å². The molecule has 3 rings (SSSR count). The first-order chi connectivity index (χ1) is 11.3. The highest BCUT2D eigenvalue weighted by Crippen LogP contribution is 2.18. The third-order valence-electron chi connectivity index (χ3n) is 3.82. The quantitative estimate of drug-likeness (QED) is 0.942. The largest absolute Gasteiger partial charge is 0.376 e. The standard InChI is InChI=1S/C18H17N3O2/c19-11-15-3-1-5-17(21-15)13-6-8-14(9-7-13)18(22)20-12-16-4-2-10-23-16/h1,3,5-9,16H,2,4,10,12H2,(H,20,22)/t16-/m0/s1. The van der Waals surface area contributed by atoms with Gasteiger partial charge in [-0.2, -0.15) is 5.26 Å². The van der Waals surface area contributed by atoms with Crippen LogP contribution in [0.3, 0.4) is 0 Å². The minimum Gasteiger partial charge on any atom is -0.376 e. The van der Waals surface area contributed by atoms with Gasteiger partial charge in [-0.3, -0.25) is 4.79 Å². The molecule has 0 saturated carbocycles. The van der Waals surface area contributed by atoms with Crippen molar-refractivity contribution in [3.8, 4) is 17.3 Å². The average molecular weight is 307 g/mol. The normalized spacial score (nSPS) is 16.7. The van der Waals surface area contributed by atoms with E-state index in [0.29, 0.717) is 17.8 Å². The lowest BCUT2D eigenvalue weighted by atomic mass is 10.1. The number of carbonyl (C=O) groups excluding carboxylic acids is 1. The molecule has 1 aliphatic heterocycles. The van der Waals surface area contributed by atoms with Crippen molar-refractivity contribution in [2.45, 2.75) is 18.9 Å². The fraction of sp³-hybridized carbons (Fsp3) is 0.278. The van der Waals surface area contributed by atoms with Crippen molar-refractivity contribution in [1.29, 1.82) is 5.26 Å². The molecule has 5 nitrogen and oxygen atoms in total. The maximum Gasteiger partial charge on any atom is 0.251 e. The van der Waals surface area contributed by atoms with Crippen molar-refractivity contribution in [3.63, 3.8) is 0 Å². The highest BCUT2D eigenvalue weighted by molar-refractivity contribution is 5.94. The second kappa shape index (κ2) is 7.03. The van der Waals surface area contributed by atoms with Crippen LogP contribution in [0.25, 0.3) is 11.3 Å². The summed E-state index contributed by atoms with van der Waals surface area (Å²) in [4.78, 5) is 16.4. The Morgan fingerprint density at radius 2 is 2.13 bits per heavy atom. The van der Waals surface area contributed by atoms with E-state index in [1.807, 2.05) is 24.3 Å². The van der Waals surface area contributed by atoms with Gasteiger partial charge in [0, 0.05) is 24.3 Å². The molecule has 0 unspecified atom stereocenters. The zero-order chi connectivity index (χ0) is 16.1. The highest BCUT2D eigenvalue weighted by atomic mass is 16.5. The number of amides is 1. The molecule has 23 heavy (non-hydrogen) atoms. The van der Waals surface area contributed by atoms with Gasteiger partial charge in [0.15, 0.2) is 0 Å². The molecule has 2 aromatic rings. The summed E-state index contributed by atoms with van der Waals surface area (Å²) in [5.74, 6) is -0.106. The predicted octanol–water partition coefficient (Wildman–Crippen LogP) is 2.53. The zero-order valence-corrected chi connectivity index (χ0v) is 12.7. The third kappa shape index (κ3) is 3.74. The van der Waals surface area contributed by atoms with Crippen molar-refractivity contribution in [2.24, 2.45) is 0 Å². The maximum atomic E-state index is 12.1. The van der Waals surface area contributed by atoms with Crippen LogP contribution in [0.5, 0.6) is 0 Å². The number of carbonyl (C=O) groups is 1. The second-order valence-electron chi connectivity index (χ2n) is 5.44. The first-order valence-corrected chi connectivity index (χ1v) is 7.63. The molecule has 116 valence electrons. The van der Waals surface area contributed by atoms with Crippen LogP contribution in [-0.2, 0) is 4.74 Å². The summed E-state index contributed by atoms with van der Waals surface area (Å²) in [5.41, 5.74) is 2.57. The van der Waals surface area contributed by atoms with Crippen LogP contribution < -0.4 is 5.32 Å². The lowest BCUT2D eigenvalue weighted by Gasteiger charge is -2.11. The van der Waals surface area contributed by atoms with E-state index < -0.39 is 0 Å². The van der Waals surface area contributed by atoms with E-state index in [0.717, 1.165) is 30.7 Å². The topological polar surface area (TPSA) is 75.0 Å². The third-order valence-corrected chi connectivity index (χ3v) is 3.82. The number of aromatic nitrogens is 1. The van der Waals surface area contributed by atoms with Crippen molar-refractivity contribution in [3.05, 3.63) is 53.7 Å². The van der Waals surface area contributed by atoms with Gasteiger partial charge in [0.1, 0.15) is 11.8 Å². The van der Waals surface area contributed by atoms with Gasteiger partial charge in [-0.15, -0.1) is 0 Å². The van der Waals surface area contributed by atoms with Crippen LogP contribution in [0.2, 0.25) is 0 Å². The molecule has 1 aliphatic rings. The Bertz CT molecular complexity index is 729. The summed E-state index contributed by atoms with van der Waals surface area (Å²) in [6, 6.07) is 14.5. The number of benzene rings is 1. The number of rotatable bonds is 4. The number of hydrogen-bond acceptors (Lipinski definition) is 4. The summed E-state index contributed by atoms with van der Waals surface area (Å²) in [6.45, 7) is 1.33. The van der Waals surface area contributed by atoms with Crippen molar-refractivity contribution in [1.82, 2.24) is 10.3 Å². The monoisotopic (exact) mass is 307 g/mol. The van der Waals surface area contributed by atoms with Crippen LogP contribution in [0, 0.1) is 11.3 Å². The smallest absolute Gasteiger partial charge is 0.251 e. The Hall–Kier alpha value is -2.71. The first kappa shape index (κ1) is 15.2. The van der Waals surface area contributed by atoms with Gasteiger partial charge in [-0.05, 0) is 37.1 Å². The summed E-state index contributed by atoms with van der Waals surface area (Å²) in [6.07, 6.45) is 2.19. The van der Waals surface area contributed by atoms with E-state index in [1.165, 1.54) is 0 Å². The number of nitrogens with zero attached hydrogens (tertiary/aromatic N) is 2. The second-order valence-corrected chi connectivity index (χ2v) is 5.44. The van der Waals surface area contributed by atoms with E-state index >= 15 is 0 Å². The molecular formula is C18H17N3O2. The summed E-state index contributed by atoms with van der Waals surface area (Å²) in [7, 11) is 0. The molecular weight excluding hydrogens is 290 g/mol. The number of nitrogens with one attached hydrogen (secondary N) is 1. The van der Waals surface area contributed by atoms with Gasteiger partial charge in [0.25, 0.3) is 5.91 Å². The van der Waals surface area contributed by atoms with Gasteiger partial charge in [-0.25, -0.2) is 4.98 Å². The Morgan fingerprint density at radius 3 is 2.83 bits per heavy atom. The van der Waals surface area contributed by atoms with Crippen molar-refractivity contribution >= 4 is 5.91 Å². The molecule has 2 heterocycles. The fourth-order valence-corrected chi connectivity index (χ4v) is 2.56. The Balaban J connectivity index is 1.66. The van der Waals surface area contributed by atoms with E-state index in [9.17, 15) is 4.79 Å². The molecule has 5 heteroatoms. The molecule has 1 N–H and O–H groups in total. The van der Waals surface area contributed by atoms with E-state index in [4.69, 9.17) is 10.00 Å². The minimum atomic E-state index is -0.106. The lowest BCUT2D eigenvalue weighted by molar-refractivity contribution is 0.0858.